The molecular formula is C14H22N4O3. The number of carboxylic acids is 1. The maximum absolute atomic E-state index is 11.7. The van der Waals surface area contributed by atoms with Gasteiger partial charge in [0.1, 0.15) is 11.6 Å². The van der Waals surface area contributed by atoms with Crippen LogP contribution in [0.15, 0.2) is 10.9 Å². The van der Waals surface area contributed by atoms with Crippen molar-refractivity contribution in [1.82, 2.24) is 14.9 Å². The fourth-order valence-electron chi connectivity index (χ4n) is 2.35. The molecule has 1 aromatic rings. The fraction of sp³-hybridized carbons (Fsp3) is 0.643. The van der Waals surface area contributed by atoms with E-state index in [1.54, 1.807) is 0 Å². The molecule has 2 N–H and O–H groups in total. The topological polar surface area (TPSA) is 89.5 Å². The van der Waals surface area contributed by atoms with Crippen LogP contribution in [-0.4, -0.2) is 58.7 Å². The fourth-order valence-corrected chi connectivity index (χ4v) is 2.35. The van der Waals surface area contributed by atoms with Gasteiger partial charge in [-0.05, 0) is 0 Å². The van der Waals surface area contributed by atoms with Crippen LogP contribution in [0, 0.1) is 0 Å². The summed E-state index contributed by atoms with van der Waals surface area (Å²) in [5.41, 5.74) is -0.128. The molecule has 7 nitrogen and oxygen atoms in total. The van der Waals surface area contributed by atoms with Crippen molar-refractivity contribution in [1.29, 1.82) is 0 Å². The summed E-state index contributed by atoms with van der Waals surface area (Å²) in [6, 6.07) is 1.53. The molecule has 116 valence electrons. The van der Waals surface area contributed by atoms with Crippen LogP contribution in [0.4, 0.5) is 5.82 Å². The lowest BCUT2D eigenvalue weighted by molar-refractivity contribution is -0.137. The standard InChI is InChI=1S/C14H22N4O3/c1-10(2)14-15-11(9-12(19)16-14)18-7-5-17(6-8-18)4-3-13(20)21/h9-10H,3-8H2,1-2H3,(H,20,21)(H,15,16,19). The number of hydrogen-bond acceptors (Lipinski definition) is 5. The molecule has 1 aliphatic rings. The number of carbonyl (C=O) groups is 1. The smallest absolute Gasteiger partial charge is 0.304 e. The average molecular weight is 294 g/mol. The molecule has 0 aromatic carbocycles. The third-order valence-corrected chi connectivity index (χ3v) is 3.63. The number of H-pyrrole nitrogens is 1. The van der Waals surface area contributed by atoms with Crippen molar-refractivity contribution in [3.8, 4) is 0 Å². The van der Waals surface area contributed by atoms with Crippen LogP contribution >= 0.6 is 0 Å². The number of nitrogens with one attached hydrogen (secondary N) is 1. The lowest BCUT2D eigenvalue weighted by Gasteiger charge is -2.35. The first-order valence-corrected chi connectivity index (χ1v) is 7.26. The molecule has 0 radical (unpaired) electrons. The summed E-state index contributed by atoms with van der Waals surface area (Å²) in [4.78, 5) is 33.8. The number of hydrogen-bond donors (Lipinski definition) is 2. The minimum absolute atomic E-state index is 0.128. The molecule has 0 spiro atoms. The molecule has 1 aromatic heterocycles. The zero-order chi connectivity index (χ0) is 15.4. The van der Waals surface area contributed by atoms with Crippen LogP contribution in [0.5, 0.6) is 0 Å². The summed E-state index contributed by atoms with van der Waals surface area (Å²) < 4.78 is 0. The molecule has 0 bridgehead atoms. The predicted molar refractivity (Wildman–Crippen MR) is 79.9 cm³/mol. The predicted octanol–water partition coefficient (Wildman–Crippen LogP) is 0.490. The van der Waals surface area contributed by atoms with Gasteiger partial charge in [-0.2, -0.15) is 0 Å². The van der Waals surface area contributed by atoms with Gasteiger partial charge in [0.2, 0.25) is 0 Å². The van der Waals surface area contributed by atoms with E-state index in [1.165, 1.54) is 6.07 Å². The SMILES string of the molecule is CC(C)c1nc(N2CCN(CCC(=O)O)CC2)cc(=O)[nH]1. The van der Waals surface area contributed by atoms with Gasteiger partial charge in [0.15, 0.2) is 0 Å². The van der Waals surface area contributed by atoms with E-state index in [2.05, 4.69) is 19.8 Å². The Hall–Kier alpha value is -1.89. The quantitative estimate of drug-likeness (QED) is 0.821. The molecule has 21 heavy (non-hydrogen) atoms. The van der Waals surface area contributed by atoms with Crippen LogP contribution in [-0.2, 0) is 4.79 Å². The normalized spacial score (nSPS) is 16.4. The van der Waals surface area contributed by atoms with Crippen molar-refractivity contribution in [2.24, 2.45) is 0 Å². The molecule has 1 saturated heterocycles. The summed E-state index contributed by atoms with van der Waals surface area (Å²) in [7, 11) is 0. The minimum Gasteiger partial charge on any atom is -0.481 e. The molecule has 0 aliphatic carbocycles. The second kappa shape index (κ2) is 6.71. The van der Waals surface area contributed by atoms with Gasteiger partial charge >= 0.3 is 5.97 Å². The van der Waals surface area contributed by atoms with E-state index in [4.69, 9.17) is 5.11 Å². The van der Waals surface area contributed by atoms with E-state index in [-0.39, 0.29) is 17.9 Å². The number of rotatable bonds is 5. The molecule has 0 amide bonds. The van der Waals surface area contributed by atoms with E-state index < -0.39 is 5.97 Å². The summed E-state index contributed by atoms with van der Waals surface area (Å²) >= 11 is 0. The van der Waals surface area contributed by atoms with Crippen molar-refractivity contribution >= 4 is 11.8 Å². The van der Waals surface area contributed by atoms with Crippen molar-refractivity contribution in [3.05, 3.63) is 22.2 Å². The molecule has 2 heterocycles. The summed E-state index contributed by atoms with van der Waals surface area (Å²) in [5.74, 6) is 0.816. The Morgan fingerprint density at radius 1 is 1.38 bits per heavy atom. The Labute approximate surface area is 123 Å². The van der Waals surface area contributed by atoms with Crippen molar-refractivity contribution in [2.45, 2.75) is 26.2 Å². The number of aromatic amines is 1. The molecule has 7 heteroatoms. The zero-order valence-electron chi connectivity index (χ0n) is 12.5. The second-order valence-corrected chi connectivity index (χ2v) is 5.62. The van der Waals surface area contributed by atoms with E-state index in [9.17, 15) is 9.59 Å². The number of aromatic nitrogens is 2. The van der Waals surface area contributed by atoms with E-state index in [1.807, 2.05) is 13.8 Å². The van der Waals surface area contributed by atoms with Crippen LogP contribution in [0.2, 0.25) is 0 Å². The van der Waals surface area contributed by atoms with E-state index in [0.717, 1.165) is 26.2 Å². The maximum Gasteiger partial charge on any atom is 0.304 e. The Kier molecular flexibility index (Phi) is 4.95. The third kappa shape index (κ3) is 4.29. The van der Waals surface area contributed by atoms with Gasteiger partial charge in [-0.1, -0.05) is 13.8 Å². The molecular weight excluding hydrogens is 272 g/mol. The van der Waals surface area contributed by atoms with Crippen LogP contribution in [0.25, 0.3) is 0 Å². The second-order valence-electron chi connectivity index (χ2n) is 5.62. The Bertz CT molecular complexity index is 547. The highest BCUT2D eigenvalue weighted by molar-refractivity contribution is 5.66. The lowest BCUT2D eigenvalue weighted by atomic mass is 10.2. The largest absolute Gasteiger partial charge is 0.481 e. The molecule has 0 unspecified atom stereocenters. The number of aliphatic carboxylic acids is 1. The Balaban J connectivity index is 1.99. The van der Waals surface area contributed by atoms with Crippen molar-refractivity contribution in [2.75, 3.05) is 37.6 Å². The third-order valence-electron chi connectivity index (χ3n) is 3.63. The highest BCUT2D eigenvalue weighted by atomic mass is 16.4. The van der Waals surface area contributed by atoms with Crippen molar-refractivity contribution in [3.63, 3.8) is 0 Å². The first kappa shape index (κ1) is 15.5. The summed E-state index contributed by atoms with van der Waals surface area (Å²) in [6.45, 7) is 7.65. The van der Waals surface area contributed by atoms with Gasteiger partial charge < -0.3 is 15.0 Å². The van der Waals surface area contributed by atoms with Gasteiger partial charge in [-0.3, -0.25) is 14.5 Å². The monoisotopic (exact) mass is 294 g/mol. The van der Waals surface area contributed by atoms with Gasteiger partial charge in [-0.25, -0.2) is 4.98 Å². The molecule has 2 rings (SSSR count). The Morgan fingerprint density at radius 3 is 2.62 bits per heavy atom. The van der Waals surface area contributed by atoms with Gasteiger partial charge in [-0.15, -0.1) is 0 Å². The molecule has 1 aliphatic heterocycles. The molecule has 0 atom stereocenters. The average Bonchev–Trinajstić information content (AvgIpc) is 2.45. The number of nitrogens with zero attached hydrogens (tertiary/aromatic N) is 3. The molecule has 0 saturated carbocycles. The maximum atomic E-state index is 11.7. The van der Waals surface area contributed by atoms with Gasteiger partial charge in [0, 0.05) is 44.7 Å². The summed E-state index contributed by atoms with van der Waals surface area (Å²) in [6.07, 6.45) is 0.167. The highest BCUT2D eigenvalue weighted by Crippen LogP contribution is 2.15. The first-order valence-electron chi connectivity index (χ1n) is 7.26. The van der Waals surface area contributed by atoms with Crippen LogP contribution < -0.4 is 10.5 Å². The highest BCUT2D eigenvalue weighted by Gasteiger charge is 2.19. The van der Waals surface area contributed by atoms with Crippen molar-refractivity contribution < 1.29 is 9.90 Å². The number of anilines is 1. The van der Waals surface area contributed by atoms with E-state index >= 15 is 0 Å². The van der Waals surface area contributed by atoms with Crippen LogP contribution in [0.3, 0.4) is 0 Å². The Morgan fingerprint density at radius 2 is 2.05 bits per heavy atom. The van der Waals surface area contributed by atoms with Gasteiger partial charge in [0.25, 0.3) is 5.56 Å². The number of carboxylic acid groups (broad SMARTS) is 1. The van der Waals surface area contributed by atoms with Crippen LogP contribution in [0.1, 0.15) is 32.0 Å². The lowest BCUT2D eigenvalue weighted by Crippen LogP contribution is -2.47. The summed E-state index contributed by atoms with van der Waals surface area (Å²) in [5, 5.41) is 8.70. The molecule has 1 fully saturated rings. The van der Waals surface area contributed by atoms with Gasteiger partial charge in [0.05, 0.1) is 6.42 Å². The first-order chi connectivity index (χ1) is 9.95. The number of piperazine rings is 1. The zero-order valence-corrected chi connectivity index (χ0v) is 12.5. The van der Waals surface area contributed by atoms with E-state index in [0.29, 0.717) is 18.2 Å². The minimum atomic E-state index is -0.768.